The molecule has 1 heterocycles. The number of carbonyl (C=O) groups excluding carboxylic acids is 1. The molecule has 0 atom stereocenters. The Morgan fingerprint density at radius 1 is 1.00 bits per heavy atom. The van der Waals surface area contributed by atoms with Gasteiger partial charge in [0.25, 0.3) is 5.91 Å². The number of pyridine rings is 1. The summed E-state index contributed by atoms with van der Waals surface area (Å²) < 4.78 is 26.3. The van der Waals surface area contributed by atoms with E-state index in [0.29, 0.717) is 18.8 Å². The summed E-state index contributed by atoms with van der Waals surface area (Å²) in [7, 11) is -3.58. The molecule has 1 N–H and O–H groups in total. The lowest BCUT2D eigenvalue weighted by Gasteiger charge is -2.18. The van der Waals surface area contributed by atoms with E-state index in [1.54, 1.807) is 13.8 Å². The van der Waals surface area contributed by atoms with E-state index < -0.39 is 15.9 Å². The molecule has 0 radical (unpaired) electrons. The van der Waals surface area contributed by atoms with Crippen molar-refractivity contribution in [3.05, 3.63) is 50.2 Å². The van der Waals surface area contributed by atoms with E-state index in [4.69, 9.17) is 46.4 Å². The average Bonchev–Trinajstić information content (AvgIpc) is 2.64. The smallest absolute Gasteiger partial charge is 0.275 e. The van der Waals surface area contributed by atoms with Gasteiger partial charge < -0.3 is 5.32 Å². The molecule has 0 unspecified atom stereocenters. The van der Waals surface area contributed by atoms with Crippen molar-refractivity contribution in [3.8, 4) is 0 Å². The molecule has 1 amide bonds. The van der Waals surface area contributed by atoms with Crippen molar-refractivity contribution in [2.75, 3.05) is 18.4 Å². The Morgan fingerprint density at radius 2 is 1.56 bits per heavy atom. The lowest BCUT2D eigenvalue weighted by atomic mass is 10.3. The van der Waals surface area contributed by atoms with Gasteiger partial charge in [-0.25, -0.2) is 13.4 Å². The minimum Gasteiger partial charge on any atom is -0.321 e. The number of aromatic nitrogens is 1. The van der Waals surface area contributed by atoms with Crippen LogP contribution in [0.25, 0.3) is 0 Å². The van der Waals surface area contributed by atoms with Crippen molar-refractivity contribution < 1.29 is 13.2 Å². The number of sulfonamides is 1. The maximum absolute atomic E-state index is 12.5. The first-order valence-corrected chi connectivity index (χ1v) is 10.7. The van der Waals surface area contributed by atoms with Crippen LogP contribution < -0.4 is 5.32 Å². The molecule has 6 nitrogen and oxygen atoms in total. The van der Waals surface area contributed by atoms with Gasteiger partial charge in [0, 0.05) is 18.8 Å². The normalized spacial score (nSPS) is 11.7. The highest BCUT2D eigenvalue weighted by Crippen LogP contribution is 2.36. The fourth-order valence-corrected chi connectivity index (χ4v) is 4.52. The third-order valence-corrected chi connectivity index (χ3v) is 7.40. The van der Waals surface area contributed by atoms with Crippen molar-refractivity contribution in [1.29, 1.82) is 0 Å². The first kappa shape index (κ1) is 22.2. The molecule has 0 aliphatic heterocycles. The Bertz CT molecular complexity index is 962. The van der Waals surface area contributed by atoms with Gasteiger partial charge in [-0.1, -0.05) is 60.3 Å². The number of carbonyl (C=O) groups is 1. The van der Waals surface area contributed by atoms with Crippen LogP contribution in [0, 0.1) is 0 Å². The average molecular weight is 471 g/mol. The zero-order valence-electron chi connectivity index (χ0n) is 14.3. The van der Waals surface area contributed by atoms with Gasteiger partial charge in [0.15, 0.2) is 0 Å². The highest BCUT2D eigenvalue weighted by molar-refractivity contribution is 7.89. The van der Waals surface area contributed by atoms with E-state index >= 15 is 0 Å². The largest absolute Gasteiger partial charge is 0.321 e. The quantitative estimate of drug-likeness (QED) is 0.603. The second-order valence-electron chi connectivity index (χ2n) is 5.26. The van der Waals surface area contributed by atoms with E-state index in [1.807, 2.05) is 0 Å². The first-order chi connectivity index (χ1) is 12.6. The molecular formula is C16H15Cl4N3O3S. The second kappa shape index (κ2) is 8.94. The van der Waals surface area contributed by atoms with Gasteiger partial charge in [0.1, 0.15) is 10.8 Å². The molecule has 0 saturated carbocycles. The molecule has 0 saturated heterocycles. The van der Waals surface area contributed by atoms with Crippen LogP contribution in [0.4, 0.5) is 5.69 Å². The van der Waals surface area contributed by atoms with Crippen molar-refractivity contribution >= 4 is 68.0 Å². The monoisotopic (exact) mass is 469 g/mol. The van der Waals surface area contributed by atoms with Crippen LogP contribution in [-0.2, 0) is 10.0 Å². The number of anilines is 1. The lowest BCUT2D eigenvalue weighted by molar-refractivity contribution is 0.102. The zero-order chi connectivity index (χ0) is 20.4. The molecule has 2 rings (SSSR count). The fourth-order valence-electron chi connectivity index (χ4n) is 2.25. The summed E-state index contributed by atoms with van der Waals surface area (Å²) in [6, 6.07) is 5.73. The summed E-state index contributed by atoms with van der Waals surface area (Å²) in [6.07, 6.45) is 0. The lowest BCUT2D eigenvalue weighted by Crippen LogP contribution is -2.30. The molecule has 146 valence electrons. The maximum atomic E-state index is 12.5. The highest BCUT2D eigenvalue weighted by atomic mass is 35.5. The molecule has 0 spiro atoms. The summed E-state index contributed by atoms with van der Waals surface area (Å²) in [5, 5.41) is 2.13. The Labute approximate surface area is 177 Å². The maximum Gasteiger partial charge on any atom is 0.275 e. The van der Waals surface area contributed by atoms with Gasteiger partial charge in [-0.3, -0.25) is 4.79 Å². The predicted octanol–water partition coefficient (Wildman–Crippen LogP) is 4.98. The molecule has 0 aliphatic rings. The Hall–Kier alpha value is -1.09. The number of hydrogen-bond donors (Lipinski definition) is 1. The number of amides is 1. The second-order valence-corrected chi connectivity index (χ2v) is 8.69. The summed E-state index contributed by atoms with van der Waals surface area (Å²) in [5.41, 5.74) is 0.148. The highest BCUT2D eigenvalue weighted by Gasteiger charge is 2.22. The molecular weight excluding hydrogens is 456 g/mol. The molecule has 27 heavy (non-hydrogen) atoms. The number of rotatable bonds is 6. The van der Waals surface area contributed by atoms with Gasteiger partial charge >= 0.3 is 0 Å². The summed E-state index contributed by atoms with van der Waals surface area (Å²) in [4.78, 5) is 16.3. The van der Waals surface area contributed by atoms with E-state index in [1.165, 1.54) is 28.6 Å². The minimum atomic E-state index is -3.58. The van der Waals surface area contributed by atoms with Crippen molar-refractivity contribution in [3.63, 3.8) is 0 Å². The van der Waals surface area contributed by atoms with Gasteiger partial charge in [-0.05, 0) is 24.3 Å². The van der Waals surface area contributed by atoms with Crippen LogP contribution >= 0.6 is 46.4 Å². The topological polar surface area (TPSA) is 79.4 Å². The van der Waals surface area contributed by atoms with E-state index in [2.05, 4.69) is 10.3 Å². The van der Waals surface area contributed by atoms with Gasteiger partial charge in [-0.15, -0.1) is 0 Å². The predicted molar refractivity (Wildman–Crippen MR) is 109 cm³/mol. The van der Waals surface area contributed by atoms with Crippen LogP contribution in [0.1, 0.15) is 24.3 Å². The van der Waals surface area contributed by atoms with Crippen LogP contribution in [-0.4, -0.2) is 36.7 Å². The molecule has 0 bridgehead atoms. The summed E-state index contributed by atoms with van der Waals surface area (Å²) in [5.74, 6) is -0.667. The number of benzene rings is 1. The molecule has 1 aromatic heterocycles. The van der Waals surface area contributed by atoms with Gasteiger partial charge in [0.2, 0.25) is 10.0 Å². The Kier molecular flexibility index (Phi) is 7.35. The van der Waals surface area contributed by atoms with Gasteiger partial charge in [0.05, 0.1) is 20.0 Å². The Balaban J connectivity index is 2.26. The molecule has 2 aromatic rings. The number of hydrogen-bond acceptors (Lipinski definition) is 4. The minimum absolute atomic E-state index is 0.0501. The SMILES string of the molecule is CCN(CC)S(=O)(=O)c1ccc(NC(=O)c2nc(Cl)c(Cl)c(Cl)c2Cl)cc1. The fraction of sp³-hybridized carbons (Fsp3) is 0.250. The van der Waals surface area contributed by atoms with E-state index in [9.17, 15) is 13.2 Å². The Morgan fingerprint density at radius 3 is 2.07 bits per heavy atom. The first-order valence-electron chi connectivity index (χ1n) is 7.75. The van der Waals surface area contributed by atoms with Crippen LogP contribution in [0.2, 0.25) is 20.2 Å². The summed E-state index contributed by atoms with van der Waals surface area (Å²) >= 11 is 23.6. The third kappa shape index (κ3) is 4.67. The van der Waals surface area contributed by atoms with Crippen molar-refractivity contribution in [2.24, 2.45) is 0 Å². The third-order valence-electron chi connectivity index (χ3n) is 3.65. The zero-order valence-corrected chi connectivity index (χ0v) is 18.1. The van der Waals surface area contributed by atoms with Crippen LogP contribution in [0.3, 0.4) is 0 Å². The van der Waals surface area contributed by atoms with Crippen molar-refractivity contribution in [1.82, 2.24) is 9.29 Å². The summed E-state index contributed by atoms with van der Waals surface area (Å²) in [6.45, 7) is 4.24. The number of nitrogens with one attached hydrogen (secondary N) is 1. The number of nitrogens with zero attached hydrogens (tertiary/aromatic N) is 2. The molecule has 0 aliphatic carbocycles. The molecule has 0 fully saturated rings. The van der Waals surface area contributed by atoms with E-state index in [0.717, 1.165) is 0 Å². The van der Waals surface area contributed by atoms with E-state index in [-0.39, 0.29) is 30.8 Å². The van der Waals surface area contributed by atoms with Gasteiger partial charge in [-0.2, -0.15) is 4.31 Å². The standard InChI is InChI=1S/C16H15Cl4N3O3S/c1-3-23(4-2)27(25,26)10-7-5-9(6-8-10)21-16(24)14-12(18)11(17)13(19)15(20)22-14/h5-8H,3-4H2,1-2H3,(H,21,24). The number of halogens is 4. The molecule has 11 heteroatoms. The van der Waals surface area contributed by atoms with Crippen LogP contribution in [0.5, 0.6) is 0 Å². The van der Waals surface area contributed by atoms with Crippen molar-refractivity contribution in [2.45, 2.75) is 18.7 Å². The molecule has 1 aromatic carbocycles. The van der Waals surface area contributed by atoms with Crippen LogP contribution in [0.15, 0.2) is 29.2 Å².